The van der Waals surface area contributed by atoms with Gasteiger partial charge in [0.2, 0.25) is 0 Å². The van der Waals surface area contributed by atoms with Crippen molar-refractivity contribution < 1.29 is 4.39 Å². The fourth-order valence-corrected chi connectivity index (χ4v) is 1.68. The molecule has 1 N–H and O–H groups in total. The zero-order chi connectivity index (χ0) is 8.72. The number of halogens is 1. The van der Waals surface area contributed by atoms with E-state index in [4.69, 9.17) is 0 Å². The van der Waals surface area contributed by atoms with Crippen LogP contribution in [0.2, 0.25) is 0 Å². The molecule has 1 aromatic rings. The second-order valence-corrected chi connectivity index (χ2v) is 3.45. The highest BCUT2D eigenvalue weighted by molar-refractivity contribution is 5.58. The van der Waals surface area contributed by atoms with Gasteiger partial charge in [-0.2, -0.15) is 0 Å². The van der Waals surface area contributed by atoms with E-state index >= 15 is 0 Å². The van der Waals surface area contributed by atoms with Crippen LogP contribution in [-0.2, 0) is 0 Å². The molecule has 1 nitrogen and oxygen atoms in total. The molecular weight excluding hydrogens is 153 g/mol. The third kappa shape index (κ3) is 0.986. The highest BCUT2D eigenvalue weighted by Crippen LogP contribution is 2.35. The van der Waals surface area contributed by atoms with Crippen molar-refractivity contribution in [2.24, 2.45) is 0 Å². The number of benzene rings is 1. The Balaban J connectivity index is 2.48. The first-order chi connectivity index (χ1) is 5.68. The molecule has 0 unspecified atom stereocenters. The molecule has 0 radical (unpaired) electrons. The van der Waals surface area contributed by atoms with Crippen molar-refractivity contribution in [3.63, 3.8) is 0 Å². The zero-order valence-electron chi connectivity index (χ0n) is 7.26. The summed E-state index contributed by atoms with van der Waals surface area (Å²) in [6, 6.07) is 5.35. The van der Waals surface area contributed by atoms with Crippen LogP contribution >= 0.6 is 0 Å². The Morgan fingerprint density at radius 1 is 1.33 bits per heavy atom. The van der Waals surface area contributed by atoms with Gasteiger partial charge in [-0.3, -0.25) is 0 Å². The largest absolute Gasteiger partial charge is 0.382 e. The minimum absolute atomic E-state index is 0.142. The molecule has 2 atom stereocenters. The fourth-order valence-electron chi connectivity index (χ4n) is 1.68. The molecular formula is C10H12FN. The molecule has 1 aromatic carbocycles. The highest BCUT2D eigenvalue weighted by atomic mass is 19.1. The van der Waals surface area contributed by atoms with Crippen LogP contribution in [0.15, 0.2) is 18.2 Å². The third-order valence-corrected chi connectivity index (χ3v) is 2.64. The average Bonchev–Trinajstić information content (AvgIpc) is 2.31. The Bertz CT molecular complexity index is 309. The SMILES string of the molecule is C[C@@H]1c2cc(F)ccc2N[C@@H]1C. The second-order valence-electron chi connectivity index (χ2n) is 3.45. The van der Waals surface area contributed by atoms with E-state index in [1.54, 1.807) is 6.07 Å². The van der Waals surface area contributed by atoms with Gasteiger partial charge < -0.3 is 5.32 Å². The van der Waals surface area contributed by atoms with Crippen LogP contribution in [0.5, 0.6) is 0 Å². The van der Waals surface area contributed by atoms with Crippen LogP contribution in [0.3, 0.4) is 0 Å². The number of fused-ring (bicyclic) bond motifs is 1. The summed E-state index contributed by atoms with van der Waals surface area (Å²) in [4.78, 5) is 0. The lowest BCUT2D eigenvalue weighted by atomic mass is 9.98. The summed E-state index contributed by atoms with van der Waals surface area (Å²) in [6.07, 6.45) is 0. The predicted molar refractivity (Wildman–Crippen MR) is 47.9 cm³/mol. The highest BCUT2D eigenvalue weighted by Gasteiger charge is 2.24. The Hall–Kier alpha value is -1.05. The molecule has 2 rings (SSSR count). The lowest BCUT2D eigenvalue weighted by Crippen LogP contribution is -2.12. The van der Waals surface area contributed by atoms with Gasteiger partial charge in [0.1, 0.15) is 5.82 Å². The zero-order valence-corrected chi connectivity index (χ0v) is 7.26. The smallest absolute Gasteiger partial charge is 0.123 e. The molecule has 0 saturated heterocycles. The van der Waals surface area contributed by atoms with Crippen LogP contribution < -0.4 is 5.32 Å². The van der Waals surface area contributed by atoms with E-state index in [-0.39, 0.29) is 5.82 Å². The van der Waals surface area contributed by atoms with Gasteiger partial charge in [-0.05, 0) is 30.7 Å². The van der Waals surface area contributed by atoms with Gasteiger partial charge in [0.05, 0.1) is 0 Å². The molecule has 0 bridgehead atoms. The normalized spacial score (nSPS) is 26.6. The third-order valence-electron chi connectivity index (χ3n) is 2.64. The number of anilines is 1. The molecule has 1 aliphatic rings. The van der Waals surface area contributed by atoms with Crippen LogP contribution in [-0.4, -0.2) is 6.04 Å². The van der Waals surface area contributed by atoms with Crippen molar-refractivity contribution in [1.29, 1.82) is 0 Å². The first-order valence-corrected chi connectivity index (χ1v) is 4.24. The molecule has 0 aromatic heterocycles. The number of hydrogen-bond acceptors (Lipinski definition) is 1. The van der Waals surface area contributed by atoms with Crippen molar-refractivity contribution in [2.75, 3.05) is 5.32 Å². The van der Waals surface area contributed by atoms with Crippen LogP contribution in [0.4, 0.5) is 10.1 Å². The molecule has 0 saturated carbocycles. The molecule has 12 heavy (non-hydrogen) atoms. The van der Waals surface area contributed by atoms with E-state index in [2.05, 4.69) is 19.2 Å². The maximum absolute atomic E-state index is 12.8. The fraction of sp³-hybridized carbons (Fsp3) is 0.400. The van der Waals surface area contributed by atoms with Gasteiger partial charge >= 0.3 is 0 Å². The summed E-state index contributed by atoms with van der Waals surface area (Å²) < 4.78 is 12.8. The molecule has 1 heterocycles. The van der Waals surface area contributed by atoms with E-state index in [0.717, 1.165) is 11.3 Å². The lowest BCUT2D eigenvalue weighted by molar-refractivity contribution is 0.621. The van der Waals surface area contributed by atoms with Gasteiger partial charge in [-0.15, -0.1) is 0 Å². The van der Waals surface area contributed by atoms with Crippen molar-refractivity contribution in [1.82, 2.24) is 0 Å². The maximum Gasteiger partial charge on any atom is 0.123 e. The van der Waals surface area contributed by atoms with Gasteiger partial charge in [-0.1, -0.05) is 6.92 Å². The standard InChI is InChI=1S/C10H12FN/c1-6-7(2)12-10-4-3-8(11)5-9(6)10/h3-7,12H,1-2H3/t6-,7+/m0/s1. The first kappa shape index (κ1) is 7.59. The van der Waals surface area contributed by atoms with Crippen molar-refractivity contribution in [2.45, 2.75) is 25.8 Å². The monoisotopic (exact) mass is 165 g/mol. The molecule has 2 heteroatoms. The Morgan fingerprint density at radius 2 is 2.08 bits per heavy atom. The Morgan fingerprint density at radius 3 is 2.83 bits per heavy atom. The quantitative estimate of drug-likeness (QED) is 0.623. The van der Waals surface area contributed by atoms with E-state index in [1.807, 2.05) is 6.07 Å². The topological polar surface area (TPSA) is 12.0 Å². The summed E-state index contributed by atoms with van der Waals surface area (Å²) in [5, 5.41) is 3.31. The number of nitrogens with one attached hydrogen (secondary N) is 1. The average molecular weight is 165 g/mol. The minimum atomic E-state index is -0.142. The molecule has 0 amide bonds. The minimum Gasteiger partial charge on any atom is -0.382 e. The van der Waals surface area contributed by atoms with Crippen LogP contribution in [0, 0.1) is 5.82 Å². The van der Waals surface area contributed by atoms with Crippen molar-refractivity contribution >= 4 is 5.69 Å². The summed E-state index contributed by atoms with van der Waals surface area (Å²) in [7, 11) is 0. The van der Waals surface area contributed by atoms with Gasteiger partial charge in [0.25, 0.3) is 0 Å². The van der Waals surface area contributed by atoms with E-state index < -0.39 is 0 Å². The summed E-state index contributed by atoms with van der Waals surface area (Å²) in [6.45, 7) is 4.23. The summed E-state index contributed by atoms with van der Waals surface area (Å²) in [5.74, 6) is 0.271. The predicted octanol–water partition coefficient (Wildman–Crippen LogP) is 2.74. The maximum atomic E-state index is 12.8. The first-order valence-electron chi connectivity index (χ1n) is 4.24. The van der Waals surface area contributed by atoms with E-state index in [9.17, 15) is 4.39 Å². The molecule has 0 spiro atoms. The molecule has 0 aliphatic carbocycles. The van der Waals surface area contributed by atoms with Crippen LogP contribution in [0.1, 0.15) is 25.3 Å². The lowest BCUT2D eigenvalue weighted by Gasteiger charge is -2.08. The van der Waals surface area contributed by atoms with E-state index in [1.165, 1.54) is 6.07 Å². The number of hydrogen-bond donors (Lipinski definition) is 1. The Kier molecular flexibility index (Phi) is 1.56. The molecule has 0 fully saturated rings. The van der Waals surface area contributed by atoms with Gasteiger partial charge in [-0.25, -0.2) is 4.39 Å². The summed E-state index contributed by atoms with van der Waals surface area (Å²) >= 11 is 0. The van der Waals surface area contributed by atoms with Gasteiger partial charge in [0, 0.05) is 17.6 Å². The number of rotatable bonds is 0. The van der Waals surface area contributed by atoms with Gasteiger partial charge in [0.15, 0.2) is 0 Å². The second kappa shape index (κ2) is 2.47. The Labute approximate surface area is 71.6 Å². The molecule has 1 aliphatic heterocycles. The van der Waals surface area contributed by atoms with Crippen molar-refractivity contribution in [3.8, 4) is 0 Å². The molecule has 64 valence electrons. The summed E-state index contributed by atoms with van der Waals surface area (Å²) in [5.41, 5.74) is 2.18. The van der Waals surface area contributed by atoms with Crippen LogP contribution in [0.25, 0.3) is 0 Å². The van der Waals surface area contributed by atoms with Crippen molar-refractivity contribution in [3.05, 3.63) is 29.6 Å². The van der Waals surface area contributed by atoms with E-state index in [0.29, 0.717) is 12.0 Å².